The van der Waals surface area contributed by atoms with Gasteiger partial charge in [0.25, 0.3) is 11.5 Å². The van der Waals surface area contributed by atoms with Crippen molar-refractivity contribution in [1.82, 2.24) is 14.7 Å². The summed E-state index contributed by atoms with van der Waals surface area (Å²) in [6, 6.07) is 8.10. The van der Waals surface area contributed by atoms with E-state index in [4.69, 9.17) is 5.73 Å². The summed E-state index contributed by atoms with van der Waals surface area (Å²) in [5.74, 6) is -0.640. The second-order valence-electron chi connectivity index (χ2n) is 5.83. The summed E-state index contributed by atoms with van der Waals surface area (Å²) in [6.45, 7) is 1.04. The van der Waals surface area contributed by atoms with Crippen LogP contribution in [0.5, 0.6) is 0 Å². The molecule has 0 radical (unpaired) electrons. The van der Waals surface area contributed by atoms with E-state index in [-0.39, 0.29) is 23.2 Å². The molecule has 126 valence electrons. The van der Waals surface area contributed by atoms with Gasteiger partial charge in [-0.25, -0.2) is 4.39 Å². The number of amides is 1. The summed E-state index contributed by atoms with van der Waals surface area (Å²) in [6.07, 6.45) is 2.85. The van der Waals surface area contributed by atoms with Gasteiger partial charge >= 0.3 is 0 Å². The van der Waals surface area contributed by atoms with Gasteiger partial charge in [-0.2, -0.15) is 9.78 Å². The van der Waals surface area contributed by atoms with Crippen LogP contribution >= 0.6 is 0 Å². The molecule has 1 fully saturated rings. The minimum atomic E-state index is -0.405. The van der Waals surface area contributed by atoms with Crippen molar-refractivity contribution in [2.24, 2.45) is 5.73 Å². The minimum Gasteiger partial charge on any atom is -0.333 e. The maximum absolute atomic E-state index is 13.1. The zero-order chi connectivity index (χ0) is 17.1. The third-order valence-corrected chi connectivity index (χ3v) is 4.25. The number of rotatable bonds is 3. The first kappa shape index (κ1) is 16.3. The fourth-order valence-electron chi connectivity index (χ4n) is 2.95. The van der Waals surface area contributed by atoms with Gasteiger partial charge in [0, 0.05) is 25.2 Å². The van der Waals surface area contributed by atoms with E-state index >= 15 is 0 Å². The molecule has 24 heavy (non-hydrogen) atoms. The van der Waals surface area contributed by atoms with Crippen LogP contribution in [0.2, 0.25) is 0 Å². The molecule has 1 aliphatic heterocycles. The van der Waals surface area contributed by atoms with Crippen LogP contribution in [-0.2, 0) is 0 Å². The fraction of sp³-hybridized carbons (Fsp3) is 0.353. The van der Waals surface area contributed by atoms with Gasteiger partial charge in [0.2, 0.25) is 0 Å². The van der Waals surface area contributed by atoms with Gasteiger partial charge in [-0.05, 0) is 49.6 Å². The molecule has 1 saturated heterocycles. The topological polar surface area (TPSA) is 81.2 Å². The highest BCUT2D eigenvalue weighted by molar-refractivity contribution is 5.92. The summed E-state index contributed by atoms with van der Waals surface area (Å²) in [5, 5.41) is 4.17. The summed E-state index contributed by atoms with van der Waals surface area (Å²) in [5.41, 5.74) is 5.97. The summed E-state index contributed by atoms with van der Waals surface area (Å²) in [4.78, 5) is 26.5. The first-order valence-electron chi connectivity index (χ1n) is 7.97. The molecule has 3 rings (SSSR count). The second kappa shape index (κ2) is 6.92. The van der Waals surface area contributed by atoms with Crippen LogP contribution in [0.4, 0.5) is 4.39 Å². The van der Waals surface area contributed by atoms with Gasteiger partial charge in [-0.15, -0.1) is 0 Å². The average Bonchev–Trinajstić information content (AvgIpc) is 2.62. The van der Waals surface area contributed by atoms with Crippen LogP contribution in [0.25, 0.3) is 5.69 Å². The molecule has 1 aliphatic rings. The molecule has 0 aliphatic carbocycles. The number of carbonyl (C=O) groups is 1. The predicted octanol–water partition coefficient (Wildman–Crippen LogP) is 1.32. The molecular weight excluding hydrogens is 311 g/mol. The molecule has 2 heterocycles. The number of nitrogens with zero attached hydrogens (tertiary/aromatic N) is 3. The number of aromatic nitrogens is 2. The molecule has 1 amide bonds. The lowest BCUT2D eigenvalue weighted by atomic mass is 10.0. The number of hydrogen-bond donors (Lipinski definition) is 1. The molecule has 2 aromatic rings. The lowest BCUT2D eigenvalue weighted by Gasteiger charge is -2.34. The Bertz CT molecular complexity index is 788. The quantitative estimate of drug-likeness (QED) is 0.920. The Hall–Kier alpha value is -2.54. The van der Waals surface area contributed by atoms with Gasteiger partial charge in [-0.1, -0.05) is 0 Å². The highest BCUT2D eigenvalue weighted by Gasteiger charge is 2.27. The van der Waals surface area contributed by atoms with E-state index in [0.717, 1.165) is 23.9 Å². The molecule has 6 nitrogen and oxygen atoms in total. The van der Waals surface area contributed by atoms with Gasteiger partial charge in [0.15, 0.2) is 0 Å². The lowest BCUT2D eigenvalue weighted by Crippen LogP contribution is -2.48. The molecule has 1 aromatic carbocycles. The molecule has 7 heteroatoms. The van der Waals surface area contributed by atoms with E-state index in [1.54, 1.807) is 4.90 Å². The van der Waals surface area contributed by atoms with E-state index in [2.05, 4.69) is 5.10 Å². The fourth-order valence-corrected chi connectivity index (χ4v) is 2.95. The molecule has 0 saturated carbocycles. The van der Waals surface area contributed by atoms with Crippen LogP contribution in [0, 0.1) is 5.82 Å². The predicted molar refractivity (Wildman–Crippen MR) is 87.5 cm³/mol. The van der Waals surface area contributed by atoms with Crippen molar-refractivity contribution in [3.63, 3.8) is 0 Å². The monoisotopic (exact) mass is 330 g/mol. The van der Waals surface area contributed by atoms with Gasteiger partial charge in [0.1, 0.15) is 11.5 Å². The van der Waals surface area contributed by atoms with Crippen molar-refractivity contribution in [2.75, 3.05) is 13.1 Å². The Morgan fingerprint density at radius 2 is 1.96 bits per heavy atom. The Morgan fingerprint density at radius 3 is 2.67 bits per heavy atom. The van der Waals surface area contributed by atoms with E-state index < -0.39 is 5.82 Å². The summed E-state index contributed by atoms with van der Waals surface area (Å²) < 4.78 is 14.2. The van der Waals surface area contributed by atoms with Gasteiger partial charge in [0.05, 0.1) is 5.69 Å². The van der Waals surface area contributed by atoms with Crippen LogP contribution in [0.15, 0.2) is 41.2 Å². The van der Waals surface area contributed by atoms with Crippen LogP contribution in [-0.4, -0.2) is 39.7 Å². The SMILES string of the molecule is NC[C@@H]1CCCCN1C(=O)c1ccc(=O)n(-c2ccc(F)cc2)n1. The highest BCUT2D eigenvalue weighted by atomic mass is 19.1. The molecule has 1 aromatic heterocycles. The van der Waals surface area contributed by atoms with E-state index in [9.17, 15) is 14.0 Å². The lowest BCUT2D eigenvalue weighted by molar-refractivity contribution is 0.0615. The summed E-state index contributed by atoms with van der Waals surface area (Å²) in [7, 11) is 0. The Morgan fingerprint density at radius 1 is 1.21 bits per heavy atom. The van der Waals surface area contributed by atoms with Crippen LogP contribution < -0.4 is 11.3 Å². The largest absolute Gasteiger partial charge is 0.333 e. The Balaban J connectivity index is 1.94. The molecule has 1 atom stereocenters. The van der Waals surface area contributed by atoms with Crippen LogP contribution in [0.1, 0.15) is 29.8 Å². The second-order valence-corrected chi connectivity index (χ2v) is 5.83. The first-order chi connectivity index (χ1) is 11.6. The number of carbonyl (C=O) groups excluding carboxylic acids is 1. The van der Waals surface area contributed by atoms with E-state index in [1.165, 1.54) is 36.4 Å². The summed E-state index contributed by atoms with van der Waals surface area (Å²) >= 11 is 0. The van der Waals surface area contributed by atoms with Crippen molar-refractivity contribution in [3.8, 4) is 5.69 Å². The maximum atomic E-state index is 13.1. The molecular formula is C17H19FN4O2. The minimum absolute atomic E-state index is 0.000695. The standard InChI is InChI=1S/C17H19FN4O2/c18-12-4-6-13(7-5-12)22-16(23)9-8-15(20-22)17(24)21-10-2-1-3-14(21)11-19/h4-9,14H,1-3,10-11,19H2/t14-/m0/s1. The van der Waals surface area contributed by atoms with Crippen molar-refractivity contribution in [2.45, 2.75) is 25.3 Å². The number of benzene rings is 1. The number of likely N-dealkylation sites (tertiary alicyclic amines) is 1. The number of halogens is 1. The number of hydrogen-bond acceptors (Lipinski definition) is 4. The van der Waals surface area contributed by atoms with Crippen LogP contribution in [0.3, 0.4) is 0 Å². The zero-order valence-electron chi connectivity index (χ0n) is 13.2. The normalized spacial score (nSPS) is 17.8. The van der Waals surface area contributed by atoms with E-state index in [0.29, 0.717) is 18.8 Å². The van der Waals surface area contributed by atoms with Crippen molar-refractivity contribution in [3.05, 3.63) is 58.3 Å². The smallest absolute Gasteiger partial charge is 0.274 e. The molecule has 0 unspecified atom stereocenters. The van der Waals surface area contributed by atoms with Crippen molar-refractivity contribution < 1.29 is 9.18 Å². The van der Waals surface area contributed by atoms with Gasteiger partial charge < -0.3 is 10.6 Å². The molecule has 0 spiro atoms. The van der Waals surface area contributed by atoms with E-state index in [1.807, 2.05) is 0 Å². The highest BCUT2D eigenvalue weighted by Crippen LogP contribution is 2.18. The van der Waals surface area contributed by atoms with Crippen molar-refractivity contribution in [1.29, 1.82) is 0 Å². The Labute approximate surface area is 138 Å². The van der Waals surface area contributed by atoms with Gasteiger partial charge in [-0.3, -0.25) is 9.59 Å². The maximum Gasteiger partial charge on any atom is 0.274 e. The molecule has 2 N–H and O–H groups in total. The first-order valence-corrected chi connectivity index (χ1v) is 7.97. The third-order valence-electron chi connectivity index (χ3n) is 4.25. The average molecular weight is 330 g/mol. The number of nitrogens with two attached hydrogens (primary N) is 1. The molecule has 0 bridgehead atoms. The number of piperidine rings is 1. The third kappa shape index (κ3) is 3.21. The van der Waals surface area contributed by atoms with Crippen molar-refractivity contribution >= 4 is 5.91 Å². The zero-order valence-corrected chi connectivity index (χ0v) is 13.2. The Kier molecular flexibility index (Phi) is 4.71.